The summed E-state index contributed by atoms with van der Waals surface area (Å²) in [6.07, 6.45) is 0. The average Bonchev–Trinajstić information content (AvgIpc) is 2.38. The van der Waals surface area contributed by atoms with Gasteiger partial charge in [0, 0.05) is 19.6 Å². The first-order valence-electron chi connectivity index (χ1n) is 5.51. The highest BCUT2D eigenvalue weighted by Crippen LogP contribution is 2.02. The minimum atomic E-state index is -0.211. The second-order valence-electron chi connectivity index (χ2n) is 3.80. The predicted molar refractivity (Wildman–Crippen MR) is 60.9 cm³/mol. The van der Waals surface area contributed by atoms with Crippen molar-refractivity contribution in [1.29, 1.82) is 0 Å². The van der Waals surface area contributed by atoms with Crippen LogP contribution in [0.25, 0.3) is 0 Å². The molecule has 0 saturated carbocycles. The molecule has 0 aliphatic carbocycles. The maximum absolute atomic E-state index is 11.6. The summed E-state index contributed by atoms with van der Waals surface area (Å²) in [4.78, 5) is 11.6. The van der Waals surface area contributed by atoms with Crippen LogP contribution in [0.2, 0.25) is 0 Å². The SMILES string of the molecule is O=C(OCc1ccccc1)C1CNCCN1. The highest BCUT2D eigenvalue weighted by Gasteiger charge is 2.21. The predicted octanol–water partition coefficient (Wildman–Crippen LogP) is 0.291. The molecule has 0 radical (unpaired) electrons. The molecule has 0 amide bonds. The second kappa shape index (κ2) is 5.63. The zero-order chi connectivity index (χ0) is 11.2. The maximum atomic E-state index is 11.6. The van der Waals surface area contributed by atoms with Gasteiger partial charge in [-0.2, -0.15) is 0 Å². The molecule has 2 rings (SSSR count). The van der Waals surface area contributed by atoms with Crippen LogP contribution >= 0.6 is 0 Å². The molecule has 4 nitrogen and oxygen atoms in total. The molecule has 1 atom stereocenters. The number of carbonyl (C=O) groups is 1. The number of benzene rings is 1. The maximum Gasteiger partial charge on any atom is 0.324 e. The van der Waals surface area contributed by atoms with Crippen molar-refractivity contribution in [2.24, 2.45) is 0 Å². The van der Waals surface area contributed by atoms with Crippen LogP contribution in [-0.4, -0.2) is 31.6 Å². The Kier molecular flexibility index (Phi) is 3.91. The summed E-state index contributed by atoms with van der Waals surface area (Å²) < 4.78 is 5.23. The fourth-order valence-electron chi connectivity index (χ4n) is 1.65. The molecule has 1 heterocycles. The molecule has 1 aromatic rings. The number of nitrogens with one attached hydrogen (secondary N) is 2. The van der Waals surface area contributed by atoms with Crippen molar-refractivity contribution in [2.45, 2.75) is 12.6 Å². The standard InChI is InChI=1S/C12H16N2O2/c15-12(11-8-13-6-7-14-11)16-9-10-4-2-1-3-5-10/h1-5,11,13-14H,6-9H2. The first kappa shape index (κ1) is 11.1. The number of ether oxygens (including phenoxy) is 1. The monoisotopic (exact) mass is 220 g/mol. The van der Waals surface area contributed by atoms with Crippen LogP contribution in [0.4, 0.5) is 0 Å². The summed E-state index contributed by atoms with van der Waals surface area (Å²) in [5.41, 5.74) is 1.01. The van der Waals surface area contributed by atoms with E-state index >= 15 is 0 Å². The van der Waals surface area contributed by atoms with E-state index < -0.39 is 0 Å². The summed E-state index contributed by atoms with van der Waals surface area (Å²) in [7, 11) is 0. The summed E-state index contributed by atoms with van der Waals surface area (Å²) in [5.74, 6) is -0.184. The summed E-state index contributed by atoms with van der Waals surface area (Å²) >= 11 is 0. The zero-order valence-electron chi connectivity index (χ0n) is 9.11. The van der Waals surface area contributed by atoms with E-state index in [2.05, 4.69) is 10.6 Å². The normalized spacial score (nSPS) is 20.4. The molecule has 4 heteroatoms. The Morgan fingerprint density at radius 1 is 1.31 bits per heavy atom. The Labute approximate surface area is 95.0 Å². The number of rotatable bonds is 3. The van der Waals surface area contributed by atoms with Gasteiger partial charge in [0.25, 0.3) is 0 Å². The Hall–Kier alpha value is -1.39. The Morgan fingerprint density at radius 3 is 2.81 bits per heavy atom. The van der Waals surface area contributed by atoms with Crippen molar-refractivity contribution in [3.8, 4) is 0 Å². The number of carbonyl (C=O) groups excluding carboxylic acids is 1. The molecule has 0 aromatic heterocycles. The van der Waals surface area contributed by atoms with Gasteiger partial charge in [-0.15, -0.1) is 0 Å². The van der Waals surface area contributed by atoms with Crippen LogP contribution in [0, 0.1) is 0 Å². The van der Waals surface area contributed by atoms with E-state index in [-0.39, 0.29) is 12.0 Å². The van der Waals surface area contributed by atoms with Crippen molar-refractivity contribution < 1.29 is 9.53 Å². The van der Waals surface area contributed by atoms with Crippen molar-refractivity contribution in [2.75, 3.05) is 19.6 Å². The Morgan fingerprint density at radius 2 is 2.12 bits per heavy atom. The molecule has 0 spiro atoms. The molecule has 2 N–H and O–H groups in total. The van der Waals surface area contributed by atoms with Gasteiger partial charge in [0.15, 0.2) is 0 Å². The van der Waals surface area contributed by atoms with Gasteiger partial charge in [-0.25, -0.2) is 0 Å². The van der Waals surface area contributed by atoms with Gasteiger partial charge < -0.3 is 15.4 Å². The van der Waals surface area contributed by atoms with E-state index in [1.54, 1.807) is 0 Å². The van der Waals surface area contributed by atoms with Crippen molar-refractivity contribution in [1.82, 2.24) is 10.6 Å². The quantitative estimate of drug-likeness (QED) is 0.719. The molecule has 1 saturated heterocycles. The third-order valence-corrected chi connectivity index (χ3v) is 2.55. The van der Waals surface area contributed by atoms with Crippen LogP contribution in [0.1, 0.15) is 5.56 Å². The van der Waals surface area contributed by atoms with Gasteiger partial charge in [-0.05, 0) is 5.56 Å². The van der Waals surface area contributed by atoms with E-state index in [1.807, 2.05) is 30.3 Å². The lowest BCUT2D eigenvalue weighted by Crippen LogP contribution is -2.52. The number of hydrogen-bond donors (Lipinski definition) is 2. The van der Waals surface area contributed by atoms with Crippen LogP contribution in [0.15, 0.2) is 30.3 Å². The number of hydrogen-bond acceptors (Lipinski definition) is 4. The molecule has 1 unspecified atom stereocenters. The second-order valence-corrected chi connectivity index (χ2v) is 3.80. The van der Waals surface area contributed by atoms with E-state index in [9.17, 15) is 4.79 Å². The smallest absolute Gasteiger partial charge is 0.324 e. The third kappa shape index (κ3) is 3.05. The van der Waals surface area contributed by atoms with Gasteiger partial charge >= 0.3 is 5.97 Å². The van der Waals surface area contributed by atoms with E-state index in [0.717, 1.165) is 18.7 Å². The average molecular weight is 220 g/mol. The Bertz CT molecular complexity index is 334. The summed E-state index contributed by atoms with van der Waals surface area (Å²) in [6, 6.07) is 9.49. The van der Waals surface area contributed by atoms with Crippen LogP contribution in [0.3, 0.4) is 0 Å². The minimum Gasteiger partial charge on any atom is -0.460 e. The van der Waals surface area contributed by atoms with Crippen molar-refractivity contribution in [3.05, 3.63) is 35.9 Å². The highest BCUT2D eigenvalue weighted by atomic mass is 16.5. The molecule has 0 bridgehead atoms. The lowest BCUT2D eigenvalue weighted by Gasteiger charge is -2.22. The third-order valence-electron chi connectivity index (χ3n) is 2.55. The van der Waals surface area contributed by atoms with Gasteiger partial charge in [-0.3, -0.25) is 4.79 Å². The molecule has 16 heavy (non-hydrogen) atoms. The first-order chi connectivity index (χ1) is 7.86. The van der Waals surface area contributed by atoms with E-state index in [0.29, 0.717) is 13.2 Å². The zero-order valence-corrected chi connectivity index (χ0v) is 9.11. The topological polar surface area (TPSA) is 50.4 Å². The van der Waals surface area contributed by atoms with Crippen LogP contribution in [0.5, 0.6) is 0 Å². The summed E-state index contributed by atoms with van der Waals surface area (Å²) in [6.45, 7) is 2.71. The van der Waals surface area contributed by atoms with Gasteiger partial charge in [0.05, 0.1) is 0 Å². The lowest BCUT2D eigenvalue weighted by molar-refractivity contribution is -0.147. The van der Waals surface area contributed by atoms with Crippen LogP contribution < -0.4 is 10.6 Å². The molecular formula is C12H16N2O2. The molecular weight excluding hydrogens is 204 g/mol. The summed E-state index contributed by atoms with van der Waals surface area (Å²) in [5, 5.41) is 6.27. The first-order valence-corrected chi connectivity index (χ1v) is 5.51. The van der Waals surface area contributed by atoms with Crippen molar-refractivity contribution in [3.63, 3.8) is 0 Å². The minimum absolute atomic E-state index is 0.184. The number of esters is 1. The fraction of sp³-hybridized carbons (Fsp3) is 0.417. The van der Waals surface area contributed by atoms with Crippen molar-refractivity contribution >= 4 is 5.97 Å². The molecule has 1 aromatic carbocycles. The molecule has 1 fully saturated rings. The van der Waals surface area contributed by atoms with E-state index in [4.69, 9.17) is 4.74 Å². The van der Waals surface area contributed by atoms with Gasteiger partial charge in [-0.1, -0.05) is 30.3 Å². The molecule has 1 aliphatic rings. The highest BCUT2D eigenvalue weighted by molar-refractivity contribution is 5.76. The molecule has 1 aliphatic heterocycles. The largest absolute Gasteiger partial charge is 0.460 e. The number of piperazine rings is 1. The fourth-order valence-corrected chi connectivity index (χ4v) is 1.65. The van der Waals surface area contributed by atoms with E-state index in [1.165, 1.54) is 0 Å². The lowest BCUT2D eigenvalue weighted by atomic mass is 10.2. The van der Waals surface area contributed by atoms with Crippen LogP contribution in [-0.2, 0) is 16.1 Å². The Balaban J connectivity index is 1.79. The molecule has 86 valence electrons. The van der Waals surface area contributed by atoms with Gasteiger partial charge in [0.1, 0.15) is 12.6 Å². The van der Waals surface area contributed by atoms with Gasteiger partial charge in [0.2, 0.25) is 0 Å².